The Balaban J connectivity index is 2.27. The molecule has 2 rings (SSSR count). The highest BCUT2D eigenvalue weighted by atomic mass is 16.7. The number of carbonyl (C=O) groups is 1. The molecule has 0 aliphatic carbocycles. The summed E-state index contributed by atoms with van der Waals surface area (Å²) in [6.45, 7) is 15.5. The van der Waals surface area contributed by atoms with E-state index in [1.807, 2.05) is 67.5 Å². The molecule has 28 heavy (non-hydrogen) atoms. The van der Waals surface area contributed by atoms with E-state index in [2.05, 4.69) is 10.3 Å². The van der Waals surface area contributed by atoms with E-state index in [9.17, 15) is 4.79 Å². The number of nitrogens with one attached hydrogen (secondary N) is 1. The molecule has 0 atom stereocenters. The highest BCUT2D eigenvalue weighted by molar-refractivity contribution is 6.56. The maximum absolute atomic E-state index is 12.1. The number of hydrogen-bond acceptors (Lipinski definition) is 6. The second kappa shape index (κ2) is 7.76. The van der Waals surface area contributed by atoms with Crippen molar-refractivity contribution in [1.82, 2.24) is 10.3 Å². The van der Waals surface area contributed by atoms with Crippen LogP contribution in [-0.2, 0) is 14.0 Å². The van der Waals surface area contributed by atoms with Crippen LogP contribution >= 0.6 is 0 Å². The third kappa shape index (κ3) is 5.48. The van der Waals surface area contributed by atoms with Gasteiger partial charge in [0.1, 0.15) is 5.60 Å². The largest absolute Gasteiger partial charge is 0.492 e. The lowest BCUT2D eigenvalue weighted by Gasteiger charge is -2.32. The van der Waals surface area contributed by atoms with Crippen LogP contribution in [0.5, 0.6) is 0 Å². The van der Waals surface area contributed by atoms with E-state index in [0.29, 0.717) is 11.4 Å². The van der Waals surface area contributed by atoms with Crippen LogP contribution in [0.4, 0.5) is 10.5 Å². The average molecular weight is 389 g/mol. The van der Waals surface area contributed by atoms with Gasteiger partial charge in [-0.15, -0.1) is 0 Å². The summed E-state index contributed by atoms with van der Waals surface area (Å²) >= 11 is 0. The van der Waals surface area contributed by atoms with E-state index in [1.165, 1.54) is 0 Å². The van der Waals surface area contributed by atoms with Gasteiger partial charge in [0.05, 0.1) is 28.8 Å². The zero-order valence-corrected chi connectivity index (χ0v) is 18.2. The monoisotopic (exact) mass is 389 g/mol. The van der Waals surface area contributed by atoms with Crippen molar-refractivity contribution in [2.45, 2.75) is 72.2 Å². The first-order valence-electron chi connectivity index (χ1n) is 9.45. The van der Waals surface area contributed by atoms with Gasteiger partial charge in [-0.05, 0) is 78.6 Å². The number of carbonyl (C=O) groups excluding carboxylic acids is 1. The van der Waals surface area contributed by atoms with E-state index >= 15 is 0 Å². The van der Waals surface area contributed by atoms with Gasteiger partial charge in [-0.2, -0.15) is 0 Å². The number of nitrogen functional groups attached to an aromatic ring is 1. The Bertz CT molecular complexity index is 753. The third-order valence-electron chi connectivity index (χ3n) is 4.90. The van der Waals surface area contributed by atoms with Crippen molar-refractivity contribution in [3.8, 4) is 0 Å². The first kappa shape index (κ1) is 22.2. The summed E-state index contributed by atoms with van der Waals surface area (Å²) in [5.41, 5.74) is 7.30. The number of alkyl carbamates (subject to hydrolysis) is 1. The van der Waals surface area contributed by atoms with Crippen molar-refractivity contribution < 1.29 is 18.8 Å². The Labute approximate surface area is 168 Å². The van der Waals surface area contributed by atoms with Crippen LogP contribution in [-0.4, -0.2) is 41.5 Å². The minimum absolute atomic E-state index is 0.205. The molecule has 7 nitrogen and oxygen atoms in total. The van der Waals surface area contributed by atoms with Crippen molar-refractivity contribution in [1.29, 1.82) is 0 Å². The van der Waals surface area contributed by atoms with Crippen LogP contribution < -0.4 is 11.1 Å². The Morgan fingerprint density at radius 2 is 1.86 bits per heavy atom. The number of amides is 1. The third-order valence-corrected chi connectivity index (χ3v) is 4.90. The number of aromatic nitrogens is 1. The molecule has 3 N–H and O–H groups in total. The van der Waals surface area contributed by atoms with Gasteiger partial charge in [-0.25, -0.2) is 4.79 Å². The molecular formula is C20H32BN3O4. The van der Waals surface area contributed by atoms with Gasteiger partial charge in [0.25, 0.3) is 0 Å². The lowest BCUT2D eigenvalue weighted by Crippen LogP contribution is -2.41. The molecule has 2 heterocycles. The number of nitrogens with two attached hydrogens (primary N) is 1. The number of aryl methyl sites for hydroxylation is 1. The second-order valence-electron chi connectivity index (χ2n) is 9.13. The van der Waals surface area contributed by atoms with Crippen LogP contribution in [0.2, 0.25) is 0 Å². The summed E-state index contributed by atoms with van der Waals surface area (Å²) in [7, 11) is -0.611. The fraction of sp³-hybridized carbons (Fsp3) is 0.600. The summed E-state index contributed by atoms with van der Waals surface area (Å²) in [6.07, 6.45) is 2.97. The predicted molar refractivity (Wildman–Crippen MR) is 112 cm³/mol. The fourth-order valence-corrected chi connectivity index (χ4v) is 2.54. The van der Waals surface area contributed by atoms with Gasteiger partial charge in [0, 0.05) is 6.54 Å². The molecular weight excluding hydrogens is 357 g/mol. The molecule has 8 heteroatoms. The molecule has 0 spiro atoms. The van der Waals surface area contributed by atoms with Crippen LogP contribution in [0.3, 0.4) is 0 Å². The van der Waals surface area contributed by atoms with E-state index in [-0.39, 0.29) is 6.54 Å². The second-order valence-corrected chi connectivity index (χ2v) is 9.13. The number of hydrogen-bond donors (Lipinski definition) is 2. The van der Waals surface area contributed by atoms with E-state index in [4.69, 9.17) is 19.8 Å². The standard InChI is InChI=1S/C20H32BN3O4/c1-13-9-15(23-12-16(13)22)10-14(11-24-17(25)26-18(2,3)4)21-27-19(5,6)20(7,8)28-21/h9-10,12H,11,22H2,1-8H3,(H,24,25). The van der Waals surface area contributed by atoms with Gasteiger partial charge in [-0.3, -0.25) is 4.98 Å². The Hall–Kier alpha value is -2.06. The molecule has 154 valence electrons. The predicted octanol–water partition coefficient (Wildman–Crippen LogP) is 3.51. The molecule has 1 amide bonds. The van der Waals surface area contributed by atoms with Crippen LogP contribution in [0.15, 0.2) is 17.7 Å². The van der Waals surface area contributed by atoms with Gasteiger partial charge in [0.15, 0.2) is 0 Å². The zero-order chi connectivity index (χ0) is 21.3. The highest BCUT2D eigenvalue weighted by Crippen LogP contribution is 2.38. The molecule has 0 unspecified atom stereocenters. The fourth-order valence-electron chi connectivity index (χ4n) is 2.54. The maximum Gasteiger partial charge on any atom is 0.492 e. The highest BCUT2D eigenvalue weighted by Gasteiger charge is 2.52. The summed E-state index contributed by atoms with van der Waals surface area (Å²) < 4.78 is 17.6. The SMILES string of the molecule is Cc1cc(C=C(CNC(=O)OC(C)(C)C)B2OC(C)(C)C(C)(C)O2)ncc1N. The lowest BCUT2D eigenvalue weighted by molar-refractivity contribution is 0.00578. The number of rotatable bonds is 4. The molecule has 1 aliphatic rings. The smallest absolute Gasteiger partial charge is 0.444 e. The average Bonchev–Trinajstić information content (AvgIpc) is 2.73. The molecule has 0 radical (unpaired) electrons. The first-order valence-corrected chi connectivity index (χ1v) is 9.45. The summed E-state index contributed by atoms with van der Waals surface area (Å²) in [5, 5.41) is 2.78. The molecule has 1 aliphatic heterocycles. The van der Waals surface area contributed by atoms with E-state index in [0.717, 1.165) is 11.0 Å². The Kier molecular flexibility index (Phi) is 6.16. The van der Waals surface area contributed by atoms with Gasteiger partial charge < -0.3 is 25.1 Å². The van der Waals surface area contributed by atoms with Crippen LogP contribution in [0.1, 0.15) is 59.7 Å². The van der Waals surface area contributed by atoms with Crippen molar-refractivity contribution in [3.63, 3.8) is 0 Å². The Morgan fingerprint density at radius 3 is 2.36 bits per heavy atom. The molecule has 0 bridgehead atoms. The molecule has 1 fully saturated rings. The van der Waals surface area contributed by atoms with Crippen LogP contribution in [0.25, 0.3) is 6.08 Å². The topological polar surface area (TPSA) is 95.7 Å². The van der Waals surface area contributed by atoms with Gasteiger partial charge >= 0.3 is 13.2 Å². The lowest BCUT2D eigenvalue weighted by atomic mass is 9.77. The molecule has 1 saturated heterocycles. The first-order chi connectivity index (χ1) is 12.7. The number of pyridine rings is 1. The summed E-state index contributed by atoms with van der Waals surface area (Å²) in [6, 6.07) is 1.88. The number of anilines is 1. The zero-order valence-electron chi connectivity index (χ0n) is 18.2. The van der Waals surface area contributed by atoms with Gasteiger partial charge in [-0.1, -0.05) is 0 Å². The molecule has 1 aromatic heterocycles. The van der Waals surface area contributed by atoms with Crippen molar-refractivity contribution in [2.75, 3.05) is 12.3 Å². The molecule has 0 aromatic carbocycles. The quantitative estimate of drug-likeness (QED) is 0.765. The van der Waals surface area contributed by atoms with Crippen molar-refractivity contribution in [3.05, 3.63) is 29.0 Å². The number of ether oxygens (including phenoxy) is 1. The number of nitrogens with zero attached hydrogens (tertiary/aromatic N) is 1. The van der Waals surface area contributed by atoms with Crippen molar-refractivity contribution >= 4 is 25.0 Å². The Morgan fingerprint density at radius 1 is 1.29 bits per heavy atom. The summed E-state index contributed by atoms with van der Waals surface area (Å²) in [5.74, 6) is 0. The minimum atomic E-state index is -0.611. The van der Waals surface area contributed by atoms with Gasteiger partial charge in [0.2, 0.25) is 0 Å². The molecule has 1 aromatic rings. The van der Waals surface area contributed by atoms with Crippen LogP contribution in [0, 0.1) is 6.92 Å². The normalized spacial score (nSPS) is 18.9. The van der Waals surface area contributed by atoms with E-state index in [1.54, 1.807) is 6.20 Å². The van der Waals surface area contributed by atoms with E-state index < -0.39 is 30.0 Å². The minimum Gasteiger partial charge on any atom is -0.444 e. The molecule has 0 saturated carbocycles. The van der Waals surface area contributed by atoms with Crippen molar-refractivity contribution in [2.24, 2.45) is 0 Å². The summed E-state index contributed by atoms with van der Waals surface area (Å²) in [4.78, 5) is 16.5. The maximum atomic E-state index is 12.1.